The van der Waals surface area contributed by atoms with Crippen LogP contribution in [0.15, 0.2) is 0 Å². The van der Waals surface area contributed by atoms with E-state index in [1.165, 1.54) is 75.6 Å². The first-order valence-electron chi connectivity index (χ1n) is 11.3. The Morgan fingerprint density at radius 1 is 0.724 bits per heavy atom. The van der Waals surface area contributed by atoms with E-state index >= 15 is 0 Å². The van der Waals surface area contributed by atoms with Crippen LogP contribution in [0.5, 0.6) is 0 Å². The summed E-state index contributed by atoms with van der Waals surface area (Å²) < 4.78 is 58.5. The fraction of sp³-hybridized carbons (Fsp3) is 1.00. The Kier molecular flexibility index (Phi) is 15.5. The highest BCUT2D eigenvalue weighted by molar-refractivity contribution is 6.60. The minimum atomic E-state index is -6.00. The Morgan fingerprint density at radius 3 is 1.62 bits per heavy atom. The quantitative estimate of drug-likeness (QED) is 0.143. The van der Waals surface area contributed by atoms with Crippen molar-refractivity contribution >= 4 is 16.1 Å². The average molecular weight is 447 g/mol. The van der Waals surface area contributed by atoms with E-state index in [4.69, 9.17) is 13.3 Å². The summed E-state index contributed by atoms with van der Waals surface area (Å²) in [6.07, 6.45) is 9.58. The van der Waals surface area contributed by atoms with Gasteiger partial charge in [-0.2, -0.15) is 0 Å². The van der Waals surface area contributed by atoms with E-state index in [1.54, 1.807) is 0 Å². The topological polar surface area (TPSA) is 27.7 Å². The molecule has 0 radical (unpaired) electrons. The SMILES string of the molecule is CCCCCC[N+]1(CC[Si](OCC)(OCC)OCC)CCCCC1.F[B-](F)(F)F. The van der Waals surface area contributed by atoms with Crippen LogP contribution in [0.25, 0.3) is 0 Å². The number of hydrogen-bond donors (Lipinski definition) is 0. The summed E-state index contributed by atoms with van der Waals surface area (Å²) in [6, 6.07) is 0.969. The predicted molar refractivity (Wildman–Crippen MR) is 113 cm³/mol. The molecule has 0 saturated carbocycles. The molecule has 1 fully saturated rings. The van der Waals surface area contributed by atoms with E-state index in [1.807, 2.05) is 0 Å². The van der Waals surface area contributed by atoms with Crippen LogP contribution < -0.4 is 0 Å². The summed E-state index contributed by atoms with van der Waals surface area (Å²) >= 11 is 0. The summed E-state index contributed by atoms with van der Waals surface area (Å²) in [5.41, 5.74) is 0. The van der Waals surface area contributed by atoms with E-state index in [2.05, 4.69) is 27.7 Å². The number of hydrogen-bond acceptors (Lipinski definition) is 3. The van der Waals surface area contributed by atoms with Gasteiger partial charge in [-0.3, -0.25) is 0 Å². The van der Waals surface area contributed by atoms with E-state index in [0.29, 0.717) is 19.8 Å². The largest absolute Gasteiger partial charge is 0.673 e. The van der Waals surface area contributed by atoms with Crippen LogP contribution in [0, 0.1) is 0 Å². The molecule has 0 unspecified atom stereocenters. The number of unbranched alkanes of at least 4 members (excludes halogenated alkanes) is 3. The number of halogens is 4. The maximum atomic E-state index is 9.75. The number of rotatable bonds is 14. The molecule has 1 aliphatic heterocycles. The molecule has 4 nitrogen and oxygen atoms in total. The van der Waals surface area contributed by atoms with Crippen molar-refractivity contribution < 1.29 is 35.0 Å². The Bertz CT molecular complexity index is 377. The van der Waals surface area contributed by atoms with Gasteiger partial charge in [0.1, 0.15) is 0 Å². The van der Waals surface area contributed by atoms with E-state index in [-0.39, 0.29) is 0 Å². The lowest BCUT2D eigenvalue weighted by Gasteiger charge is -2.43. The number of quaternary nitrogens is 1. The maximum absolute atomic E-state index is 9.75. The Balaban J connectivity index is 0.00000139. The molecule has 0 aromatic heterocycles. The maximum Gasteiger partial charge on any atom is 0.673 e. The summed E-state index contributed by atoms with van der Waals surface area (Å²) in [7, 11) is -8.50. The molecule has 29 heavy (non-hydrogen) atoms. The average Bonchev–Trinajstić information content (AvgIpc) is 2.64. The minimum Gasteiger partial charge on any atom is -0.418 e. The van der Waals surface area contributed by atoms with Gasteiger partial charge in [0.05, 0.1) is 32.2 Å². The van der Waals surface area contributed by atoms with Crippen molar-refractivity contribution in [1.29, 1.82) is 0 Å². The van der Waals surface area contributed by atoms with Crippen molar-refractivity contribution in [2.75, 3.05) is 46.0 Å². The van der Waals surface area contributed by atoms with Crippen LogP contribution in [-0.4, -0.2) is 66.5 Å². The third-order valence-corrected chi connectivity index (χ3v) is 8.26. The molecule has 0 amide bonds. The van der Waals surface area contributed by atoms with Crippen LogP contribution >= 0.6 is 0 Å². The molecule has 10 heteroatoms. The molecule has 1 saturated heterocycles. The monoisotopic (exact) mass is 447 g/mol. The van der Waals surface area contributed by atoms with E-state index in [9.17, 15) is 17.3 Å². The first-order chi connectivity index (χ1) is 13.7. The second kappa shape index (κ2) is 15.6. The fourth-order valence-corrected chi connectivity index (χ4v) is 6.74. The third kappa shape index (κ3) is 14.5. The van der Waals surface area contributed by atoms with E-state index < -0.39 is 16.1 Å². The minimum absolute atomic E-state index is 0.683. The molecule has 176 valence electrons. The van der Waals surface area contributed by atoms with Gasteiger partial charge in [-0.15, -0.1) is 0 Å². The third-order valence-electron chi connectivity index (χ3n) is 5.24. The molecule has 1 heterocycles. The van der Waals surface area contributed by atoms with Crippen molar-refractivity contribution in [3.8, 4) is 0 Å². The molecule has 1 rings (SSSR count). The van der Waals surface area contributed by atoms with Crippen LogP contribution in [0.3, 0.4) is 0 Å². The first kappa shape index (κ1) is 28.8. The standard InChI is InChI=1S/C19H42NO3Si.BF4/c1-5-9-10-12-15-20(16-13-11-14-17-20)18-19-24(21-6-2,22-7-3)23-8-4;2-1(3,4)5/h5-19H2,1-4H3;/q+1;-1. The second-order valence-electron chi connectivity index (χ2n) is 7.58. The summed E-state index contributed by atoms with van der Waals surface area (Å²) in [6.45, 7) is 15.7. The second-order valence-corrected chi connectivity index (χ2v) is 10.3. The van der Waals surface area contributed by atoms with Crippen LogP contribution in [0.4, 0.5) is 17.3 Å². The fourth-order valence-electron chi connectivity index (χ4n) is 3.99. The van der Waals surface area contributed by atoms with Crippen LogP contribution in [0.1, 0.15) is 72.6 Å². The highest BCUT2D eigenvalue weighted by Gasteiger charge is 2.44. The highest BCUT2D eigenvalue weighted by atomic mass is 28.4. The molecule has 0 aromatic carbocycles. The van der Waals surface area contributed by atoms with Gasteiger partial charge in [-0.1, -0.05) is 19.8 Å². The first-order valence-corrected chi connectivity index (χ1v) is 13.2. The molecule has 0 bridgehead atoms. The van der Waals surface area contributed by atoms with E-state index in [0.717, 1.165) is 6.04 Å². The Morgan fingerprint density at radius 2 is 1.21 bits per heavy atom. The van der Waals surface area contributed by atoms with Crippen molar-refractivity contribution in [2.24, 2.45) is 0 Å². The molecule has 0 N–H and O–H groups in total. The number of nitrogens with zero attached hydrogens (tertiary/aromatic N) is 1. The van der Waals surface area contributed by atoms with Crippen molar-refractivity contribution in [2.45, 2.75) is 78.7 Å². The molecular formula is C19H42BF4NO3Si. The van der Waals surface area contributed by atoms with Crippen LogP contribution in [-0.2, 0) is 13.3 Å². The lowest BCUT2D eigenvalue weighted by atomic mass is 10.1. The highest BCUT2D eigenvalue weighted by Crippen LogP contribution is 2.25. The van der Waals surface area contributed by atoms with Crippen molar-refractivity contribution in [3.05, 3.63) is 0 Å². The molecular weight excluding hydrogens is 405 g/mol. The van der Waals surface area contributed by atoms with Gasteiger partial charge in [-0.05, 0) is 52.9 Å². The molecule has 0 aromatic rings. The van der Waals surface area contributed by atoms with Gasteiger partial charge in [0.25, 0.3) is 0 Å². The normalized spacial score (nSPS) is 17.0. The zero-order chi connectivity index (χ0) is 22.2. The predicted octanol–water partition coefficient (Wildman–Crippen LogP) is 5.92. The molecule has 0 aliphatic carbocycles. The summed E-state index contributed by atoms with van der Waals surface area (Å²) in [5, 5.41) is 0. The Labute approximate surface area is 176 Å². The Hall–Kier alpha value is -0.158. The van der Waals surface area contributed by atoms with Gasteiger partial charge in [0, 0.05) is 19.8 Å². The zero-order valence-corrected chi connectivity index (χ0v) is 19.9. The summed E-state index contributed by atoms with van der Waals surface area (Å²) in [5.74, 6) is 0. The van der Waals surface area contributed by atoms with Gasteiger partial charge in [-0.25, -0.2) is 0 Å². The lowest BCUT2D eigenvalue weighted by molar-refractivity contribution is -0.931. The van der Waals surface area contributed by atoms with Crippen molar-refractivity contribution in [3.63, 3.8) is 0 Å². The zero-order valence-electron chi connectivity index (χ0n) is 18.9. The molecule has 0 atom stereocenters. The molecule has 1 aliphatic rings. The van der Waals surface area contributed by atoms with Gasteiger partial charge in [0.2, 0.25) is 0 Å². The number of piperidine rings is 1. The number of likely N-dealkylation sites (tertiary alicyclic amines) is 1. The summed E-state index contributed by atoms with van der Waals surface area (Å²) in [4.78, 5) is 0. The van der Waals surface area contributed by atoms with Crippen molar-refractivity contribution in [1.82, 2.24) is 0 Å². The van der Waals surface area contributed by atoms with Gasteiger partial charge >= 0.3 is 16.1 Å². The lowest BCUT2D eigenvalue weighted by Crippen LogP contribution is -2.56. The molecule has 0 spiro atoms. The van der Waals surface area contributed by atoms with Gasteiger partial charge in [0.15, 0.2) is 0 Å². The van der Waals surface area contributed by atoms with Gasteiger partial charge < -0.3 is 35.0 Å². The van der Waals surface area contributed by atoms with Crippen LogP contribution in [0.2, 0.25) is 6.04 Å². The smallest absolute Gasteiger partial charge is 0.418 e.